The van der Waals surface area contributed by atoms with Crippen LogP contribution in [0.4, 0.5) is 0 Å². The van der Waals surface area contributed by atoms with Crippen molar-refractivity contribution < 1.29 is 131 Å². The van der Waals surface area contributed by atoms with Crippen molar-refractivity contribution in [1.82, 2.24) is 73.7 Å². The number of fused-ring (bicyclic) bond motifs is 1. The number of esters is 1. The van der Waals surface area contributed by atoms with Crippen LogP contribution >= 0.6 is 0 Å². The molecule has 112 heavy (non-hydrogen) atoms. The monoisotopic (exact) mass is 1590 g/mol. The van der Waals surface area contributed by atoms with Crippen LogP contribution in [0.2, 0.25) is 0 Å². The number of carbonyl (C=O) groups is 20. The summed E-state index contributed by atoms with van der Waals surface area (Å²) in [6.07, 6.45) is -5.50. The Labute approximate surface area is 641 Å². The Morgan fingerprint density at radius 2 is 1.20 bits per heavy atom. The lowest BCUT2D eigenvalue weighted by Gasteiger charge is -2.32. The normalized spacial score (nSPS) is 22.2. The van der Waals surface area contributed by atoms with Crippen LogP contribution in [0.5, 0.6) is 0 Å². The minimum Gasteiger partial charge on any atom is -0.481 e. The first-order chi connectivity index (χ1) is 52.6. The van der Waals surface area contributed by atoms with Crippen molar-refractivity contribution in [3.05, 3.63) is 36.0 Å². The largest absolute Gasteiger partial charge is 0.481 e. The third kappa shape index (κ3) is 31.2. The van der Waals surface area contributed by atoms with Gasteiger partial charge in [0.05, 0.1) is 25.9 Å². The van der Waals surface area contributed by atoms with E-state index in [0.717, 1.165) is 67.0 Å². The fourth-order valence-electron chi connectivity index (χ4n) is 11.2. The number of aliphatic hydroxyl groups is 1. The number of nitrogens with two attached hydrogens (primary N) is 2. The van der Waals surface area contributed by atoms with Crippen molar-refractivity contribution >= 4 is 129 Å². The Morgan fingerprint density at radius 1 is 0.625 bits per heavy atom. The highest BCUT2D eigenvalue weighted by molar-refractivity contribution is 6.02. The van der Waals surface area contributed by atoms with E-state index in [1.54, 1.807) is 30.5 Å². The zero-order chi connectivity index (χ0) is 84.4. The Balaban J connectivity index is 2.24. The summed E-state index contributed by atoms with van der Waals surface area (Å²) in [5.74, 6) is -29.5. The van der Waals surface area contributed by atoms with Gasteiger partial charge in [0.15, 0.2) is 12.2 Å². The Morgan fingerprint density at radius 3 is 1.79 bits per heavy atom. The van der Waals surface area contributed by atoms with Crippen LogP contribution in [-0.2, 0) is 112 Å². The molecule has 43 nitrogen and oxygen atoms in total. The fraction of sp³-hybridized carbons (Fsp3) is 0.594. The second-order valence-electron chi connectivity index (χ2n) is 26.7. The van der Waals surface area contributed by atoms with Gasteiger partial charge in [0, 0.05) is 56.9 Å². The molecule has 0 radical (unpaired) electrons. The summed E-state index contributed by atoms with van der Waals surface area (Å²) < 4.78 is 10.6. The van der Waals surface area contributed by atoms with Crippen molar-refractivity contribution in [2.45, 2.75) is 229 Å². The van der Waals surface area contributed by atoms with Gasteiger partial charge in [0.2, 0.25) is 88.6 Å². The van der Waals surface area contributed by atoms with Crippen molar-refractivity contribution in [3.63, 3.8) is 0 Å². The first kappa shape index (κ1) is 94.3. The molecular weight excluding hydrogens is 1480 g/mol. The van der Waals surface area contributed by atoms with Gasteiger partial charge in [-0.05, 0) is 57.6 Å². The average Bonchev–Trinajstić information content (AvgIpc) is 1.62. The van der Waals surface area contributed by atoms with E-state index < -0.39 is 261 Å². The number of carboxylic acid groups (broad SMARTS) is 4. The molecular formula is C69H102N16O27. The molecule has 1 aromatic carbocycles. The lowest BCUT2D eigenvalue weighted by Crippen LogP contribution is -2.64. The number of nitrogens with zero attached hydrogens (tertiary/aromatic N) is 1. The number of amides is 15. The van der Waals surface area contributed by atoms with Crippen LogP contribution in [0.25, 0.3) is 10.9 Å². The summed E-state index contributed by atoms with van der Waals surface area (Å²) >= 11 is 0. The van der Waals surface area contributed by atoms with E-state index in [1.165, 1.54) is 13.8 Å². The van der Waals surface area contributed by atoms with Gasteiger partial charge in [-0.15, -0.1) is 0 Å². The molecule has 15 atom stereocenters. The van der Waals surface area contributed by atoms with E-state index in [2.05, 4.69) is 54.4 Å². The highest BCUT2D eigenvalue weighted by Gasteiger charge is 2.43. The smallest absolute Gasteiger partial charge is 0.335 e. The van der Waals surface area contributed by atoms with Crippen molar-refractivity contribution in [2.75, 3.05) is 27.2 Å². The van der Waals surface area contributed by atoms with Crippen LogP contribution in [0, 0.1) is 5.92 Å². The van der Waals surface area contributed by atoms with Gasteiger partial charge in [-0.3, -0.25) is 86.3 Å². The number of H-pyrrole nitrogens is 1. The molecule has 43 heteroatoms. The molecule has 1 aliphatic heterocycles. The summed E-state index contributed by atoms with van der Waals surface area (Å²) in [6, 6.07) is -15.6. The maximum absolute atomic E-state index is 14.9. The number of likely N-dealkylation sites (N-methyl/N-ethyl adjacent to an activating group) is 1. The topological polar surface area (TPSA) is 676 Å². The number of methoxy groups -OCH3 is 1. The van der Waals surface area contributed by atoms with Crippen molar-refractivity contribution in [1.29, 1.82) is 0 Å². The Kier molecular flexibility index (Phi) is 39.2. The number of hydrogen-bond donors (Lipinski definition) is 20. The zero-order valence-electron chi connectivity index (χ0n) is 63.1. The van der Waals surface area contributed by atoms with E-state index in [-0.39, 0.29) is 19.3 Å². The van der Waals surface area contributed by atoms with Gasteiger partial charge < -0.3 is 120 Å². The molecule has 15 amide bonds. The molecule has 1 fully saturated rings. The number of ether oxygens (including phenoxy) is 2. The van der Waals surface area contributed by atoms with Crippen molar-refractivity contribution in [2.24, 2.45) is 17.4 Å². The first-order valence-electron chi connectivity index (χ1n) is 35.9. The van der Waals surface area contributed by atoms with Crippen LogP contribution in [0.1, 0.15) is 143 Å². The van der Waals surface area contributed by atoms with Gasteiger partial charge >= 0.3 is 29.8 Å². The first-order valence-corrected chi connectivity index (χ1v) is 35.9. The molecule has 0 saturated carbocycles. The molecule has 1 aromatic heterocycles. The van der Waals surface area contributed by atoms with Gasteiger partial charge in [-0.25, -0.2) is 9.59 Å². The minimum absolute atomic E-state index is 0.0197. The number of carbonyl (C=O) groups excluding carboxylic acids is 16. The summed E-state index contributed by atoms with van der Waals surface area (Å²) in [4.78, 5) is 274. The van der Waals surface area contributed by atoms with E-state index in [0.29, 0.717) is 34.2 Å². The molecule has 2 heterocycles. The molecule has 0 bridgehead atoms. The molecule has 0 spiro atoms. The van der Waals surface area contributed by atoms with E-state index in [4.69, 9.17) is 20.9 Å². The van der Waals surface area contributed by atoms with Crippen LogP contribution < -0.4 is 75.3 Å². The van der Waals surface area contributed by atoms with E-state index in [9.17, 15) is 121 Å². The molecule has 1 saturated heterocycles. The standard InChI is InChI=1S/C69H102N16O27/c1-9-11-12-13-14-15-16-21-45(87)76-41(26-36-29-72-38-20-18-17-19-37(36)38)63(103)78-40(23-25-49(92)93)61(101)83-53(55(96)57(71)97)66(106)82-52-35(6)112-69(110)51(32(3)10-2)81-60(100)39(22-24-48(90)91)79-64(104)42(27-44(70)86)77-46(88)30-73-65(105)54(56(111-8)68(108)109)84-59(99)34(5)75-62(102)43(28-50(94)95)80-58(98)33(4)74-47(89)31-85(7)67(52)107/h17-20,29,32-35,39-43,51-56,72,96H,9-16,21-28,30-31H2,1-8H3,(H2,70,86)(H2,71,97)(H,73,105)(H,74,89)(H,75,102)(H,76,87)(H,77,88)(H,78,103)(H,79,104)(H,80,98)(H,81,100)(H,82,106)(H,83,101)(H,84,99)(H,90,91)(H,92,93)(H,94,95)(H,108,109). The number of aromatic amines is 1. The highest BCUT2D eigenvalue weighted by Crippen LogP contribution is 2.21. The van der Waals surface area contributed by atoms with E-state index >= 15 is 0 Å². The number of carboxylic acids is 4. The Hall–Kier alpha value is -11.9. The number of cyclic esters (lactones) is 1. The zero-order valence-corrected chi connectivity index (χ0v) is 63.1. The summed E-state index contributed by atoms with van der Waals surface area (Å²) in [6.45, 7) is 5.47. The van der Waals surface area contributed by atoms with Gasteiger partial charge in [-0.1, -0.05) is 83.9 Å². The number of benzene rings is 1. The predicted molar refractivity (Wildman–Crippen MR) is 386 cm³/mol. The van der Waals surface area contributed by atoms with Crippen LogP contribution in [0.15, 0.2) is 30.5 Å². The molecule has 0 aliphatic carbocycles. The highest BCUT2D eigenvalue weighted by atomic mass is 16.5. The molecule has 620 valence electrons. The number of unbranched alkanes of at least 4 members (excludes halogenated alkanes) is 6. The lowest BCUT2D eigenvalue weighted by atomic mass is 9.98. The van der Waals surface area contributed by atoms with E-state index in [1.807, 2.05) is 21.3 Å². The third-order valence-electron chi connectivity index (χ3n) is 17.8. The molecule has 15 unspecified atom stereocenters. The third-order valence-corrected chi connectivity index (χ3v) is 17.8. The molecule has 2 aromatic rings. The number of hydrogen-bond acceptors (Lipinski definition) is 23. The molecule has 3 rings (SSSR count). The molecule has 1 aliphatic rings. The minimum atomic E-state index is -2.79. The number of rotatable bonds is 34. The van der Waals surface area contributed by atoms with Gasteiger partial charge in [0.1, 0.15) is 72.6 Å². The van der Waals surface area contributed by atoms with Crippen LogP contribution in [0.3, 0.4) is 0 Å². The fourth-order valence-corrected chi connectivity index (χ4v) is 11.2. The molecule has 22 N–H and O–H groups in total. The SMILES string of the molecule is CCCCCCCCCC(=O)NC(Cc1c[nH]c2ccccc12)C(=O)NC(CCC(=O)O)C(=O)NC(C(=O)NC1C(=O)N(C)CC(=O)NC(C)C(=O)NC(CC(=O)O)C(=O)NC(C)C(=O)NC(C(OC)C(=O)O)C(=O)NCC(=O)NC(CC(N)=O)C(=O)NC(CCC(=O)O)C(=O)NC(C(C)CC)C(=O)OC1C)C(O)C(N)=O. The maximum Gasteiger partial charge on any atom is 0.335 e. The second-order valence-corrected chi connectivity index (χ2v) is 26.7. The second kappa shape index (κ2) is 46.6. The summed E-state index contributed by atoms with van der Waals surface area (Å²) in [5.41, 5.74) is 12.0. The number of nitrogens with one attached hydrogen (secondary N) is 13. The number of para-hydroxylation sites is 1. The van der Waals surface area contributed by atoms with Crippen molar-refractivity contribution in [3.8, 4) is 0 Å². The summed E-state index contributed by atoms with van der Waals surface area (Å²) in [7, 11) is 1.69. The predicted octanol–water partition coefficient (Wildman–Crippen LogP) is -6.18. The Bertz CT molecular complexity index is 3760. The van der Waals surface area contributed by atoms with Crippen LogP contribution in [-0.4, -0.2) is 266 Å². The quantitative estimate of drug-likeness (QED) is 0.0229. The average molecular weight is 1590 g/mol. The number of aliphatic carboxylic acids is 4. The van der Waals surface area contributed by atoms with Gasteiger partial charge in [0.25, 0.3) is 0 Å². The number of aliphatic hydroxyl groups excluding tert-OH is 1. The summed E-state index contributed by atoms with van der Waals surface area (Å²) in [5, 5.41) is 77.2. The number of aromatic nitrogens is 1. The number of primary amides is 2. The maximum atomic E-state index is 14.9. The lowest BCUT2D eigenvalue weighted by molar-refractivity contribution is -0.159. The van der Waals surface area contributed by atoms with Gasteiger partial charge in [-0.2, -0.15) is 0 Å².